The summed E-state index contributed by atoms with van der Waals surface area (Å²) in [6.07, 6.45) is 1.44. The number of hydrogen-bond acceptors (Lipinski definition) is 6. The number of hydrazone groups is 1. The number of nitrogens with zero attached hydrogens (tertiary/aromatic N) is 2. The number of hydrogen-bond donors (Lipinski definition) is 1. The molecule has 0 saturated carbocycles. The molecule has 0 radical (unpaired) electrons. The maximum Gasteiger partial charge on any atom is 0.250 e. The van der Waals surface area contributed by atoms with E-state index in [0.29, 0.717) is 21.4 Å². The summed E-state index contributed by atoms with van der Waals surface area (Å²) in [5, 5.41) is 4.73. The number of benzene rings is 2. The Morgan fingerprint density at radius 1 is 1.32 bits per heavy atom. The van der Waals surface area contributed by atoms with Crippen LogP contribution in [0.3, 0.4) is 0 Å². The van der Waals surface area contributed by atoms with Crippen molar-refractivity contribution >= 4 is 68.6 Å². The van der Waals surface area contributed by atoms with Crippen LogP contribution in [0.15, 0.2) is 45.8 Å². The van der Waals surface area contributed by atoms with Crippen molar-refractivity contribution in [3.63, 3.8) is 0 Å². The number of para-hydroxylation sites is 1. The van der Waals surface area contributed by atoms with Crippen LogP contribution in [0.25, 0.3) is 10.2 Å². The quantitative estimate of drug-likeness (QED) is 0.285. The zero-order valence-electron chi connectivity index (χ0n) is 15.1. The average Bonchev–Trinajstić information content (AvgIpc) is 3.06. The number of carbonyl (C=O) groups excluding carboxylic acids is 1. The minimum atomic E-state index is -0.225. The van der Waals surface area contributed by atoms with E-state index >= 15 is 0 Å². The second-order valence-electron chi connectivity index (χ2n) is 6.01. The fourth-order valence-corrected chi connectivity index (χ4v) is 4.71. The lowest BCUT2D eigenvalue weighted by molar-refractivity contribution is -0.118. The van der Waals surface area contributed by atoms with Crippen LogP contribution in [-0.4, -0.2) is 29.0 Å². The Kier molecular flexibility index (Phi) is 7.18. The Balaban J connectivity index is 1.54. The maximum atomic E-state index is 12.0. The van der Waals surface area contributed by atoms with E-state index in [1.807, 2.05) is 38.1 Å². The molecule has 5 nitrogen and oxygen atoms in total. The molecule has 9 heteroatoms. The minimum Gasteiger partial charge on any atom is -0.488 e. The van der Waals surface area contributed by atoms with Gasteiger partial charge in [0, 0.05) is 0 Å². The number of fused-ring (bicyclic) bond motifs is 1. The summed E-state index contributed by atoms with van der Waals surface area (Å²) in [7, 11) is 0. The van der Waals surface area contributed by atoms with Gasteiger partial charge in [0.15, 0.2) is 10.1 Å². The van der Waals surface area contributed by atoms with Crippen LogP contribution >= 0.6 is 46.3 Å². The molecule has 0 aliphatic carbocycles. The van der Waals surface area contributed by atoms with Gasteiger partial charge in [0.05, 0.1) is 38.3 Å². The third-order valence-corrected chi connectivity index (χ3v) is 6.12. The van der Waals surface area contributed by atoms with Gasteiger partial charge in [-0.1, -0.05) is 47.1 Å². The predicted octanol–water partition coefficient (Wildman–Crippen LogP) is 5.63. The van der Waals surface area contributed by atoms with Gasteiger partial charge in [-0.25, -0.2) is 10.4 Å². The number of thiazole rings is 1. The normalized spacial score (nSPS) is 11.5. The van der Waals surface area contributed by atoms with Crippen molar-refractivity contribution in [2.24, 2.45) is 5.10 Å². The first kappa shape index (κ1) is 20.9. The first-order valence-corrected chi connectivity index (χ1v) is 10.9. The summed E-state index contributed by atoms with van der Waals surface area (Å²) in [5.41, 5.74) is 4.08. The number of halogens is 2. The number of amides is 1. The van der Waals surface area contributed by atoms with Gasteiger partial charge in [-0.2, -0.15) is 5.10 Å². The molecule has 1 heterocycles. The molecule has 0 bridgehead atoms. The Bertz CT molecular complexity index is 965. The van der Waals surface area contributed by atoms with Crippen molar-refractivity contribution in [3.8, 4) is 5.75 Å². The molecular weight excluding hydrogens is 437 g/mol. The summed E-state index contributed by atoms with van der Waals surface area (Å²) in [6, 6.07) is 11.2. The highest BCUT2D eigenvalue weighted by Crippen LogP contribution is 2.34. The molecule has 3 aromatic rings. The van der Waals surface area contributed by atoms with E-state index in [4.69, 9.17) is 27.9 Å². The number of thioether (sulfide) groups is 1. The molecule has 0 fully saturated rings. The molecule has 0 spiro atoms. The zero-order valence-corrected chi connectivity index (χ0v) is 18.3. The molecule has 0 aliphatic heterocycles. The molecule has 0 atom stereocenters. The van der Waals surface area contributed by atoms with Crippen molar-refractivity contribution in [1.82, 2.24) is 10.4 Å². The van der Waals surface area contributed by atoms with Crippen molar-refractivity contribution in [3.05, 3.63) is 52.0 Å². The first-order valence-electron chi connectivity index (χ1n) is 8.38. The van der Waals surface area contributed by atoms with Crippen LogP contribution < -0.4 is 10.2 Å². The Labute approximate surface area is 181 Å². The van der Waals surface area contributed by atoms with E-state index in [2.05, 4.69) is 15.5 Å². The summed E-state index contributed by atoms with van der Waals surface area (Å²) in [4.78, 5) is 16.5. The number of nitrogens with one attached hydrogen (secondary N) is 1. The number of ether oxygens (including phenoxy) is 1. The highest BCUT2D eigenvalue weighted by atomic mass is 35.5. The fraction of sp³-hybridized carbons (Fsp3) is 0.211. The zero-order chi connectivity index (χ0) is 20.1. The van der Waals surface area contributed by atoms with Gasteiger partial charge in [-0.3, -0.25) is 4.79 Å². The fourth-order valence-electron chi connectivity index (χ4n) is 2.25. The molecule has 146 valence electrons. The number of rotatable bonds is 7. The van der Waals surface area contributed by atoms with Gasteiger partial charge < -0.3 is 4.74 Å². The van der Waals surface area contributed by atoms with E-state index in [1.54, 1.807) is 23.5 Å². The van der Waals surface area contributed by atoms with E-state index in [-0.39, 0.29) is 17.8 Å². The highest BCUT2D eigenvalue weighted by molar-refractivity contribution is 8.01. The molecular formula is C19H17Cl2N3O2S2. The van der Waals surface area contributed by atoms with Crippen LogP contribution in [0, 0.1) is 0 Å². The summed E-state index contributed by atoms with van der Waals surface area (Å²) in [6.45, 7) is 3.79. The van der Waals surface area contributed by atoms with Gasteiger partial charge in [0.2, 0.25) is 0 Å². The summed E-state index contributed by atoms with van der Waals surface area (Å²) >= 11 is 15.3. The lowest BCUT2D eigenvalue weighted by Gasteiger charge is -2.13. The molecule has 0 unspecified atom stereocenters. The third-order valence-electron chi connectivity index (χ3n) is 3.38. The van der Waals surface area contributed by atoms with E-state index in [1.165, 1.54) is 18.0 Å². The maximum absolute atomic E-state index is 12.0. The lowest BCUT2D eigenvalue weighted by atomic mass is 10.2. The highest BCUT2D eigenvalue weighted by Gasteiger charge is 2.11. The van der Waals surface area contributed by atoms with Crippen LogP contribution in [0.5, 0.6) is 5.75 Å². The average molecular weight is 454 g/mol. The van der Waals surface area contributed by atoms with E-state index in [0.717, 1.165) is 14.6 Å². The minimum absolute atomic E-state index is 0.0401. The largest absolute Gasteiger partial charge is 0.488 e. The second kappa shape index (κ2) is 9.60. The van der Waals surface area contributed by atoms with Crippen molar-refractivity contribution < 1.29 is 9.53 Å². The van der Waals surface area contributed by atoms with Gasteiger partial charge in [0.25, 0.3) is 5.91 Å². The van der Waals surface area contributed by atoms with Gasteiger partial charge in [-0.15, -0.1) is 11.3 Å². The van der Waals surface area contributed by atoms with Crippen LogP contribution in [-0.2, 0) is 4.79 Å². The molecule has 1 aromatic heterocycles. The van der Waals surface area contributed by atoms with Gasteiger partial charge in [0.1, 0.15) is 0 Å². The molecule has 1 amide bonds. The topological polar surface area (TPSA) is 63.6 Å². The smallest absolute Gasteiger partial charge is 0.250 e. The van der Waals surface area contributed by atoms with Gasteiger partial charge in [-0.05, 0) is 43.7 Å². The Morgan fingerprint density at radius 2 is 2.04 bits per heavy atom. The first-order chi connectivity index (χ1) is 13.4. The van der Waals surface area contributed by atoms with Crippen LogP contribution in [0.2, 0.25) is 10.0 Å². The van der Waals surface area contributed by atoms with Crippen molar-refractivity contribution in [2.75, 3.05) is 5.75 Å². The lowest BCUT2D eigenvalue weighted by Crippen LogP contribution is -2.19. The van der Waals surface area contributed by atoms with Gasteiger partial charge >= 0.3 is 0 Å². The molecule has 3 rings (SSSR count). The molecule has 1 N–H and O–H groups in total. The Hall–Kier alpha value is -1.80. The second-order valence-corrected chi connectivity index (χ2v) is 9.08. The van der Waals surface area contributed by atoms with Crippen molar-refractivity contribution in [2.45, 2.75) is 24.3 Å². The number of carbonyl (C=O) groups is 1. The van der Waals surface area contributed by atoms with Crippen LogP contribution in [0.1, 0.15) is 19.4 Å². The standard InChI is InChI=1S/C19H17Cl2N3O2S2/c1-11(2)26-18-13(20)7-12(8-14(18)21)9-22-24-17(25)10-27-19-23-15-5-3-4-6-16(15)28-19/h3-9,11H,10H2,1-2H3,(H,24,25)/b22-9-. The Morgan fingerprint density at radius 3 is 2.71 bits per heavy atom. The van der Waals surface area contributed by atoms with E-state index < -0.39 is 0 Å². The molecule has 2 aromatic carbocycles. The number of aromatic nitrogens is 1. The SMILES string of the molecule is CC(C)Oc1c(Cl)cc(/C=N\NC(=O)CSc2nc3ccccc3s2)cc1Cl. The van der Waals surface area contributed by atoms with Crippen molar-refractivity contribution in [1.29, 1.82) is 0 Å². The molecule has 0 aliphatic rings. The monoisotopic (exact) mass is 453 g/mol. The predicted molar refractivity (Wildman–Crippen MR) is 118 cm³/mol. The molecule has 28 heavy (non-hydrogen) atoms. The molecule has 0 saturated heterocycles. The third kappa shape index (κ3) is 5.61. The van der Waals surface area contributed by atoms with E-state index in [9.17, 15) is 4.79 Å². The summed E-state index contributed by atoms with van der Waals surface area (Å²) in [5.74, 6) is 0.434. The van der Waals surface area contributed by atoms with Crippen LogP contribution in [0.4, 0.5) is 0 Å². The summed E-state index contributed by atoms with van der Waals surface area (Å²) < 4.78 is 7.53.